The summed E-state index contributed by atoms with van der Waals surface area (Å²) in [5, 5.41) is 15.2. The Morgan fingerprint density at radius 1 is 1.15 bits per heavy atom. The molecule has 0 spiro atoms. The average Bonchev–Trinajstić information content (AvgIpc) is 3.22. The van der Waals surface area contributed by atoms with Gasteiger partial charge in [-0.3, -0.25) is 14.4 Å². The first kappa shape index (κ1) is 19.4. The molecule has 1 saturated heterocycles. The number of carboxylic acids is 1. The van der Waals surface area contributed by atoms with Gasteiger partial charge in [-0.1, -0.05) is 25.3 Å². The molecule has 1 aromatic rings. The average molecular weight is 374 g/mol. The molecule has 27 heavy (non-hydrogen) atoms. The Morgan fingerprint density at radius 3 is 2.59 bits per heavy atom. The Hall–Kier alpha value is -2.41. The second kappa shape index (κ2) is 8.52. The van der Waals surface area contributed by atoms with Crippen molar-refractivity contribution >= 4 is 23.5 Å². The van der Waals surface area contributed by atoms with Gasteiger partial charge in [0.1, 0.15) is 6.10 Å². The van der Waals surface area contributed by atoms with Crippen LogP contribution in [0.5, 0.6) is 0 Å². The van der Waals surface area contributed by atoms with E-state index >= 15 is 0 Å². The molecule has 1 unspecified atom stereocenters. The molecule has 2 amide bonds. The molecule has 1 atom stereocenters. The Kier molecular flexibility index (Phi) is 6.11. The molecule has 3 rings (SSSR count). The highest BCUT2D eigenvalue weighted by atomic mass is 16.5. The number of carbonyl (C=O) groups excluding carboxylic acids is 2. The second-order valence-corrected chi connectivity index (χ2v) is 7.40. The van der Waals surface area contributed by atoms with Crippen LogP contribution in [0.2, 0.25) is 0 Å². The van der Waals surface area contributed by atoms with Crippen LogP contribution in [0.25, 0.3) is 0 Å². The van der Waals surface area contributed by atoms with Gasteiger partial charge in [0.25, 0.3) is 11.8 Å². The van der Waals surface area contributed by atoms with Gasteiger partial charge in [0.2, 0.25) is 0 Å². The van der Waals surface area contributed by atoms with Gasteiger partial charge < -0.3 is 20.5 Å². The molecule has 7 nitrogen and oxygen atoms in total. The molecule has 1 aliphatic heterocycles. The highest BCUT2D eigenvalue weighted by Crippen LogP contribution is 2.36. The third kappa shape index (κ3) is 4.66. The number of amides is 2. The van der Waals surface area contributed by atoms with Gasteiger partial charge in [-0.2, -0.15) is 0 Å². The van der Waals surface area contributed by atoms with Crippen molar-refractivity contribution in [2.45, 2.75) is 51.0 Å². The number of carboxylic acid groups (broad SMARTS) is 1. The van der Waals surface area contributed by atoms with Crippen LogP contribution in [0.3, 0.4) is 0 Å². The number of hydrogen-bond donors (Lipinski definition) is 3. The van der Waals surface area contributed by atoms with Crippen LogP contribution >= 0.6 is 0 Å². The van der Waals surface area contributed by atoms with E-state index < -0.39 is 17.5 Å². The maximum Gasteiger partial charge on any atom is 0.311 e. The molecular weight excluding hydrogens is 348 g/mol. The second-order valence-electron chi connectivity index (χ2n) is 7.40. The number of ether oxygens (including phenoxy) is 1. The quantitative estimate of drug-likeness (QED) is 0.710. The normalized spacial score (nSPS) is 21.4. The summed E-state index contributed by atoms with van der Waals surface area (Å²) in [5.41, 5.74) is 0.0322. The summed E-state index contributed by atoms with van der Waals surface area (Å²) < 4.78 is 5.36. The molecule has 146 valence electrons. The van der Waals surface area contributed by atoms with Crippen molar-refractivity contribution in [1.29, 1.82) is 0 Å². The van der Waals surface area contributed by atoms with Gasteiger partial charge in [-0.15, -0.1) is 0 Å². The molecule has 1 aliphatic carbocycles. The van der Waals surface area contributed by atoms with Gasteiger partial charge in [-0.25, -0.2) is 0 Å². The summed E-state index contributed by atoms with van der Waals surface area (Å²) in [7, 11) is 0. The lowest BCUT2D eigenvalue weighted by molar-refractivity contribution is -0.150. The maximum absolute atomic E-state index is 12.5. The lowest BCUT2D eigenvalue weighted by Gasteiger charge is -2.33. The molecule has 2 fully saturated rings. The zero-order valence-corrected chi connectivity index (χ0v) is 15.3. The van der Waals surface area contributed by atoms with Crippen LogP contribution in [0, 0.1) is 5.41 Å². The minimum atomic E-state index is -0.875. The first-order chi connectivity index (χ1) is 13.0. The summed E-state index contributed by atoms with van der Waals surface area (Å²) in [5.74, 6) is -1.40. The van der Waals surface area contributed by atoms with Crippen LogP contribution < -0.4 is 10.6 Å². The van der Waals surface area contributed by atoms with Gasteiger partial charge >= 0.3 is 5.97 Å². The Morgan fingerprint density at radius 2 is 1.93 bits per heavy atom. The summed E-state index contributed by atoms with van der Waals surface area (Å²) in [4.78, 5) is 36.4. The Balaban J connectivity index is 1.61. The molecule has 7 heteroatoms. The fourth-order valence-corrected chi connectivity index (χ4v) is 3.79. The van der Waals surface area contributed by atoms with E-state index in [0.717, 1.165) is 25.7 Å². The smallest absolute Gasteiger partial charge is 0.311 e. The summed E-state index contributed by atoms with van der Waals surface area (Å²) in [6.45, 7) is 0.708. The van der Waals surface area contributed by atoms with Crippen molar-refractivity contribution in [2.75, 3.05) is 18.5 Å². The van der Waals surface area contributed by atoms with Crippen LogP contribution in [0.15, 0.2) is 24.3 Å². The number of benzene rings is 1. The standard InChI is InChI=1S/C20H26N2O5/c23-17(21-13-20(19(25)26)9-2-1-3-10-20)14-6-4-7-15(12-14)22-18(24)16-8-5-11-27-16/h4,6-7,12,16H,1-3,5,8-11,13H2,(H,21,23)(H,22,24)(H,25,26). The van der Waals surface area contributed by atoms with E-state index in [4.69, 9.17) is 4.74 Å². The van der Waals surface area contributed by atoms with Crippen LogP contribution in [-0.4, -0.2) is 42.1 Å². The van der Waals surface area contributed by atoms with Gasteiger partial charge in [0.05, 0.1) is 5.41 Å². The SMILES string of the molecule is O=C(NCC1(C(=O)O)CCCCC1)c1cccc(NC(=O)C2CCCO2)c1. The van der Waals surface area contributed by atoms with Crippen LogP contribution in [0.4, 0.5) is 5.69 Å². The predicted octanol–water partition coefficient (Wildman–Crippen LogP) is 2.57. The van der Waals surface area contributed by atoms with Gasteiger partial charge in [0.15, 0.2) is 0 Å². The van der Waals surface area contributed by atoms with Gasteiger partial charge in [-0.05, 0) is 43.9 Å². The van der Waals surface area contributed by atoms with Crippen molar-refractivity contribution < 1.29 is 24.2 Å². The van der Waals surface area contributed by atoms with E-state index in [1.807, 2.05) is 0 Å². The van der Waals surface area contributed by atoms with Crippen molar-refractivity contribution in [3.63, 3.8) is 0 Å². The number of rotatable bonds is 6. The Labute approximate surface area is 158 Å². The number of anilines is 1. The molecule has 1 saturated carbocycles. The van der Waals surface area contributed by atoms with Crippen molar-refractivity contribution in [3.05, 3.63) is 29.8 Å². The molecule has 0 aromatic heterocycles. The molecule has 3 N–H and O–H groups in total. The summed E-state index contributed by atoms with van der Waals surface area (Å²) >= 11 is 0. The van der Waals surface area contributed by atoms with E-state index in [2.05, 4.69) is 10.6 Å². The first-order valence-corrected chi connectivity index (χ1v) is 9.54. The van der Waals surface area contributed by atoms with Crippen molar-refractivity contribution in [1.82, 2.24) is 5.32 Å². The summed E-state index contributed by atoms with van der Waals surface area (Å²) in [6, 6.07) is 6.64. The van der Waals surface area contributed by atoms with Crippen molar-refractivity contribution in [2.24, 2.45) is 5.41 Å². The number of hydrogen-bond acceptors (Lipinski definition) is 4. The van der Waals surface area contributed by atoms with Crippen molar-refractivity contribution in [3.8, 4) is 0 Å². The number of aliphatic carboxylic acids is 1. The third-order valence-electron chi connectivity index (χ3n) is 5.47. The van der Waals surface area contributed by atoms with Gasteiger partial charge in [0, 0.05) is 24.4 Å². The topological polar surface area (TPSA) is 105 Å². The molecule has 2 aliphatic rings. The molecular formula is C20H26N2O5. The van der Waals surface area contributed by atoms with E-state index in [1.165, 1.54) is 0 Å². The fraction of sp³-hybridized carbons (Fsp3) is 0.550. The highest BCUT2D eigenvalue weighted by Gasteiger charge is 2.39. The zero-order valence-electron chi connectivity index (χ0n) is 15.3. The monoisotopic (exact) mass is 374 g/mol. The zero-order chi connectivity index (χ0) is 19.3. The number of carbonyl (C=O) groups is 3. The predicted molar refractivity (Wildman–Crippen MR) is 99.5 cm³/mol. The molecule has 1 heterocycles. The van der Waals surface area contributed by atoms with Crippen LogP contribution in [-0.2, 0) is 14.3 Å². The molecule has 1 aromatic carbocycles. The van der Waals surface area contributed by atoms with E-state index in [0.29, 0.717) is 37.1 Å². The summed E-state index contributed by atoms with van der Waals surface area (Å²) in [6.07, 6.45) is 5.06. The van der Waals surface area contributed by atoms with E-state index in [-0.39, 0.29) is 18.4 Å². The minimum absolute atomic E-state index is 0.119. The Bertz CT molecular complexity index is 706. The molecule has 0 bridgehead atoms. The third-order valence-corrected chi connectivity index (χ3v) is 5.47. The van der Waals surface area contributed by atoms with Crippen LogP contribution in [0.1, 0.15) is 55.3 Å². The fourth-order valence-electron chi connectivity index (χ4n) is 3.79. The number of nitrogens with one attached hydrogen (secondary N) is 2. The van der Waals surface area contributed by atoms with E-state index in [9.17, 15) is 19.5 Å². The molecule has 0 radical (unpaired) electrons. The minimum Gasteiger partial charge on any atom is -0.481 e. The lowest BCUT2D eigenvalue weighted by atomic mass is 9.74. The lowest BCUT2D eigenvalue weighted by Crippen LogP contribution is -2.44. The highest BCUT2D eigenvalue weighted by molar-refractivity contribution is 5.98. The first-order valence-electron chi connectivity index (χ1n) is 9.54. The maximum atomic E-state index is 12.5. The largest absolute Gasteiger partial charge is 0.481 e. The van der Waals surface area contributed by atoms with E-state index in [1.54, 1.807) is 24.3 Å².